The minimum absolute atomic E-state index is 0.0726. The second-order valence-electron chi connectivity index (χ2n) is 7.88. The number of hydrogen-bond acceptors (Lipinski definition) is 3. The fourth-order valence-corrected chi connectivity index (χ4v) is 3.67. The van der Waals surface area contributed by atoms with Gasteiger partial charge in [-0.05, 0) is 31.0 Å². The number of hydroxylamine groups is 2. The SMILES string of the molecule is CON(C)C(=O)C1(CO[Si](C)(C)C(C)(C)C)CCCCC1. The van der Waals surface area contributed by atoms with E-state index in [9.17, 15) is 4.79 Å². The van der Waals surface area contributed by atoms with Crippen molar-refractivity contribution in [3.05, 3.63) is 0 Å². The fraction of sp³-hybridized carbons (Fsp3) is 0.938. The van der Waals surface area contributed by atoms with Gasteiger partial charge in [0.2, 0.25) is 0 Å². The van der Waals surface area contributed by atoms with Gasteiger partial charge in [0.15, 0.2) is 8.32 Å². The number of amides is 1. The zero-order chi connectivity index (χ0) is 16.3. The van der Waals surface area contributed by atoms with Crippen molar-refractivity contribution >= 4 is 14.2 Å². The summed E-state index contributed by atoms with van der Waals surface area (Å²) in [4.78, 5) is 17.9. The van der Waals surface area contributed by atoms with Crippen molar-refractivity contribution in [2.45, 2.75) is 71.0 Å². The van der Waals surface area contributed by atoms with Crippen LogP contribution in [0.5, 0.6) is 0 Å². The molecule has 1 amide bonds. The summed E-state index contributed by atoms with van der Waals surface area (Å²) in [5.74, 6) is 0.0726. The summed E-state index contributed by atoms with van der Waals surface area (Å²) in [6, 6.07) is 0. The van der Waals surface area contributed by atoms with Crippen molar-refractivity contribution < 1.29 is 14.1 Å². The molecule has 1 saturated carbocycles. The largest absolute Gasteiger partial charge is 0.416 e. The maximum absolute atomic E-state index is 12.8. The van der Waals surface area contributed by atoms with Crippen molar-refractivity contribution in [1.29, 1.82) is 0 Å². The molecule has 0 unspecified atom stereocenters. The van der Waals surface area contributed by atoms with Crippen LogP contribution in [0.15, 0.2) is 0 Å². The van der Waals surface area contributed by atoms with Gasteiger partial charge in [0.1, 0.15) is 0 Å². The van der Waals surface area contributed by atoms with E-state index in [1.807, 2.05) is 0 Å². The summed E-state index contributed by atoms with van der Waals surface area (Å²) in [7, 11) is 1.41. The zero-order valence-corrected chi connectivity index (χ0v) is 15.9. The maximum atomic E-state index is 12.8. The van der Waals surface area contributed by atoms with E-state index in [1.54, 1.807) is 14.2 Å². The molecule has 0 saturated heterocycles. The molecule has 1 aliphatic rings. The fourth-order valence-electron chi connectivity index (χ4n) is 2.60. The molecule has 0 aliphatic heterocycles. The van der Waals surface area contributed by atoms with Crippen LogP contribution in [0.3, 0.4) is 0 Å². The van der Waals surface area contributed by atoms with Crippen molar-refractivity contribution in [3.63, 3.8) is 0 Å². The average Bonchev–Trinajstić information content (AvgIpc) is 2.43. The van der Waals surface area contributed by atoms with Crippen LogP contribution in [-0.2, 0) is 14.1 Å². The predicted octanol–water partition coefficient (Wildman–Crippen LogP) is 3.98. The molecular weight excluding hydrogens is 282 g/mol. The van der Waals surface area contributed by atoms with Crippen LogP contribution in [-0.4, -0.2) is 40.1 Å². The van der Waals surface area contributed by atoms with E-state index >= 15 is 0 Å². The van der Waals surface area contributed by atoms with Gasteiger partial charge in [0, 0.05) is 13.7 Å². The molecule has 0 heterocycles. The van der Waals surface area contributed by atoms with Crippen molar-refractivity contribution in [1.82, 2.24) is 5.06 Å². The molecule has 21 heavy (non-hydrogen) atoms. The first-order valence-electron chi connectivity index (χ1n) is 8.02. The second-order valence-corrected chi connectivity index (χ2v) is 12.7. The van der Waals surface area contributed by atoms with Crippen LogP contribution in [0.25, 0.3) is 0 Å². The minimum atomic E-state index is -1.84. The first-order valence-corrected chi connectivity index (χ1v) is 10.9. The quantitative estimate of drug-likeness (QED) is 0.569. The van der Waals surface area contributed by atoms with Crippen LogP contribution in [0.2, 0.25) is 18.1 Å². The lowest BCUT2D eigenvalue weighted by Crippen LogP contribution is -2.50. The van der Waals surface area contributed by atoms with Gasteiger partial charge >= 0.3 is 0 Å². The lowest BCUT2D eigenvalue weighted by atomic mass is 9.74. The van der Waals surface area contributed by atoms with Crippen LogP contribution >= 0.6 is 0 Å². The Kier molecular flexibility index (Phi) is 6.04. The highest BCUT2D eigenvalue weighted by Gasteiger charge is 2.45. The van der Waals surface area contributed by atoms with Crippen molar-refractivity contribution in [2.24, 2.45) is 5.41 Å². The Labute approximate surface area is 131 Å². The maximum Gasteiger partial charge on any atom is 0.254 e. The Morgan fingerprint density at radius 1 is 1.19 bits per heavy atom. The third kappa shape index (κ3) is 4.30. The molecule has 0 spiro atoms. The summed E-state index contributed by atoms with van der Waals surface area (Å²) < 4.78 is 6.39. The first-order chi connectivity index (χ1) is 9.56. The van der Waals surface area contributed by atoms with Gasteiger partial charge in [0.25, 0.3) is 5.91 Å². The van der Waals surface area contributed by atoms with Gasteiger partial charge < -0.3 is 4.43 Å². The normalized spacial score (nSPS) is 19.4. The molecule has 0 aromatic heterocycles. The van der Waals surface area contributed by atoms with Crippen LogP contribution in [0.4, 0.5) is 0 Å². The van der Waals surface area contributed by atoms with E-state index in [0.717, 1.165) is 25.7 Å². The zero-order valence-electron chi connectivity index (χ0n) is 14.9. The summed E-state index contributed by atoms with van der Waals surface area (Å²) >= 11 is 0. The topological polar surface area (TPSA) is 38.8 Å². The van der Waals surface area contributed by atoms with E-state index in [1.165, 1.54) is 11.5 Å². The third-order valence-electron chi connectivity index (χ3n) is 5.34. The molecule has 0 aromatic rings. The monoisotopic (exact) mass is 315 g/mol. The molecule has 0 radical (unpaired) electrons. The molecule has 0 N–H and O–H groups in total. The summed E-state index contributed by atoms with van der Waals surface area (Å²) in [5, 5.41) is 1.54. The third-order valence-corrected chi connectivity index (χ3v) is 9.82. The molecule has 1 rings (SSSR count). The van der Waals surface area contributed by atoms with Crippen molar-refractivity contribution in [3.8, 4) is 0 Å². The number of carbonyl (C=O) groups excluding carboxylic acids is 1. The Morgan fingerprint density at radius 3 is 2.14 bits per heavy atom. The number of rotatable bonds is 5. The summed E-state index contributed by atoms with van der Waals surface area (Å²) in [6.07, 6.45) is 5.24. The Hall–Kier alpha value is -0.393. The van der Waals surface area contributed by atoms with Crippen LogP contribution in [0.1, 0.15) is 52.9 Å². The van der Waals surface area contributed by atoms with Crippen LogP contribution < -0.4 is 0 Å². The van der Waals surface area contributed by atoms with Gasteiger partial charge in [-0.15, -0.1) is 0 Å². The van der Waals surface area contributed by atoms with E-state index in [-0.39, 0.29) is 10.9 Å². The number of nitrogens with zero attached hydrogens (tertiary/aromatic N) is 1. The molecule has 4 nitrogen and oxygen atoms in total. The Balaban J connectivity index is 2.87. The lowest BCUT2D eigenvalue weighted by molar-refractivity contribution is -0.184. The molecule has 1 fully saturated rings. The molecule has 0 aromatic carbocycles. The smallest absolute Gasteiger partial charge is 0.254 e. The lowest BCUT2D eigenvalue weighted by Gasteiger charge is -2.42. The standard InChI is InChI=1S/C16H33NO3Si/c1-15(2,3)21(6,7)20-13-16(11-9-8-10-12-16)14(18)17(4)19-5/h8-13H2,1-7H3. The molecule has 5 heteroatoms. The van der Waals surface area contributed by atoms with Gasteiger partial charge in [-0.2, -0.15) is 0 Å². The molecular formula is C16H33NO3Si. The predicted molar refractivity (Wildman–Crippen MR) is 88.4 cm³/mol. The Bertz CT molecular complexity index is 357. The molecule has 124 valence electrons. The molecule has 1 aliphatic carbocycles. The highest BCUT2D eigenvalue weighted by molar-refractivity contribution is 6.74. The first kappa shape index (κ1) is 18.7. The van der Waals surface area contributed by atoms with E-state index in [2.05, 4.69) is 33.9 Å². The second kappa shape index (κ2) is 6.80. The van der Waals surface area contributed by atoms with Gasteiger partial charge in [-0.1, -0.05) is 40.0 Å². The summed E-state index contributed by atoms with van der Waals surface area (Å²) in [5.41, 5.74) is -0.390. The molecule has 0 atom stereocenters. The van der Waals surface area contributed by atoms with E-state index < -0.39 is 13.7 Å². The highest BCUT2D eigenvalue weighted by atomic mass is 28.4. The van der Waals surface area contributed by atoms with E-state index in [0.29, 0.717) is 6.61 Å². The van der Waals surface area contributed by atoms with Gasteiger partial charge in [0.05, 0.1) is 12.5 Å². The van der Waals surface area contributed by atoms with Crippen LogP contribution in [0, 0.1) is 5.41 Å². The highest BCUT2D eigenvalue weighted by Crippen LogP contribution is 2.42. The Morgan fingerprint density at radius 2 is 1.71 bits per heavy atom. The number of carbonyl (C=O) groups is 1. The average molecular weight is 316 g/mol. The minimum Gasteiger partial charge on any atom is -0.416 e. The van der Waals surface area contributed by atoms with Gasteiger partial charge in [-0.3, -0.25) is 9.63 Å². The van der Waals surface area contributed by atoms with Crippen molar-refractivity contribution in [2.75, 3.05) is 20.8 Å². The van der Waals surface area contributed by atoms with E-state index in [4.69, 9.17) is 9.26 Å². The molecule has 0 bridgehead atoms. The summed E-state index contributed by atoms with van der Waals surface area (Å²) in [6.45, 7) is 11.7. The van der Waals surface area contributed by atoms with Gasteiger partial charge in [-0.25, -0.2) is 5.06 Å². The number of hydrogen-bond donors (Lipinski definition) is 0.